The fourth-order valence-corrected chi connectivity index (χ4v) is 1.98. The second-order valence-electron chi connectivity index (χ2n) is 4.00. The molecule has 0 saturated heterocycles. The molecule has 2 N–H and O–H groups in total. The maximum Gasteiger partial charge on any atom is 0.137 e. The molecule has 2 aromatic rings. The average Bonchev–Trinajstić information content (AvgIpc) is 2.34. The van der Waals surface area contributed by atoms with Gasteiger partial charge in [0.25, 0.3) is 0 Å². The Kier molecular flexibility index (Phi) is 3.87. The van der Waals surface area contributed by atoms with Crippen LogP contribution in [0.5, 0.6) is 5.75 Å². The van der Waals surface area contributed by atoms with Crippen molar-refractivity contribution in [2.24, 2.45) is 0 Å². The first-order valence-corrected chi connectivity index (χ1v) is 6.32. The van der Waals surface area contributed by atoms with E-state index < -0.39 is 0 Å². The number of benzene rings is 2. The summed E-state index contributed by atoms with van der Waals surface area (Å²) in [6, 6.07) is 11.8. The van der Waals surface area contributed by atoms with Gasteiger partial charge in [-0.15, -0.1) is 0 Å². The number of hydrogen-bond donors (Lipinski definition) is 1. The minimum Gasteiger partial charge on any atom is -0.485 e. The molecule has 0 aliphatic carbocycles. The lowest BCUT2D eigenvalue weighted by Gasteiger charge is -2.16. The Morgan fingerprint density at radius 1 is 1.22 bits per heavy atom. The van der Waals surface area contributed by atoms with Gasteiger partial charge >= 0.3 is 0 Å². The minimum absolute atomic E-state index is 0.202. The first-order valence-electron chi connectivity index (χ1n) is 5.53. The molecule has 0 fully saturated rings. The monoisotopic (exact) mass is 309 g/mol. The Hall–Kier alpha value is -1.55. The molecule has 0 bridgehead atoms. The van der Waals surface area contributed by atoms with Gasteiger partial charge in [-0.1, -0.05) is 12.1 Å². The Balaban J connectivity index is 2.21. The molecule has 0 aliphatic rings. The van der Waals surface area contributed by atoms with Crippen LogP contribution < -0.4 is 10.5 Å². The van der Waals surface area contributed by atoms with Crippen molar-refractivity contribution in [1.82, 2.24) is 0 Å². The van der Waals surface area contributed by atoms with Crippen molar-refractivity contribution in [3.8, 4) is 5.75 Å². The van der Waals surface area contributed by atoms with Gasteiger partial charge in [-0.3, -0.25) is 0 Å². The number of hydrogen-bond acceptors (Lipinski definition) is 2. The Morgan fingerprint density at radius 2 is 2.00 bits per heavy atom. The van der Waals surface area contributed by atoms with E-state index in [1.54, 1.807) is 6.07 Å². The van der Waals surface area contributed by atoms with E-state index in [1.165, 1.54) is 12.1 Å². The molecule has 0 heterocycles. The van der Waals surface area contributed by atoms with Gasteiger partial charge in [-0.2, -0.15) is 0 Å². The van der Waals surface area contributed by atoms with E-state index >= 15 is 0 Å². The molecule has 4 heteroatoms. The van der Waals surface area contributed by atoms with Crippen LogP contribution in [0, 0.1) is 5.82 Å². The largest absolute Gasteiger partial charge is 0.485 e. The standard InChI is InChI=1S/C14H13BrFNO/c1-9(10-3-2-4-12(17)7-10)18-14-8-11(16)5-6-13(14)15/h2-9H,17H2,1H3. The number of ether oxygens (including phenoxy) is 1. The highest BCUT2D eigenvalue weighted by Gasteiger charge is 2.10. The zero-order valence-corrected chi connectivity index (χ0v) is 11.4. The second kappa shape index (κ2) is 5.40. The Bertz CT molecular complexity index is 559. The highest BCUT2D eigenvalue weighted by atomic mass is 79.9. The smallest absolute Gasteiger partial charge is 0.137 e. The van der Waals surface area contributed by atoms with Crippen LogP contribution in [0.25, 0.3) is 0 Å². The van der Waals surface area contributed by atoms with Crippen molar-refractivity contribution in [3.05, 3.63) is 58.3 Å². The first-order chi connectivity index (χ1) is 8.56. The molecule has 0 saturated carbocycles. The number of nitrogens with two attached hydrogens (primary N) is 1. The molecular formula is C14H13BrFNO. The summed E-state index contributed by atoms with van der Waals surface area (Å²) in [5, 5.41) is 0. The van der Waals surface area contributed by atoms with Gasteiger partial charge in [0.15, 0.2) is 0 Å². The molecule has 2 aromatic carbocycles. The summed E-state index contributed by atoms with van der Waals surface area (Å²) < 4.78 is 19.6. The third kappa shape index (κ3) is 3.01. The van der Waals surface area contributed by atoms with Crippen molar-refractivity contribution in [3.63, 3.8) is 0 Å². The minimum atomic E-state index is -0.326. The molecule has 0 spiro atoms. The zero-order chi connectivity index (χ0) is 13.1. The van der Waals surface area contributed by atoms with Crippen LogP contribution >= 0.6 is 15.9 Å². The van der Waals surface area contributed by atoms with E-state index in [9.17, 15) is 4.39 Å². The van der Waals surface area contributed by atoms with Gasteiger partial charge in [0.05, 0.1) is 4.47 Å². The predicted octanol–water partition coefficient (Wildman–Crippen LogP) is 4.31. The molecule has 0 aromatic heterocycles. The summed E-state index contributed by atoms with van der Waals surface area (Å²) in [5.41, 5.74) is 7.35. The Labute approximate surface area is 114 Å². The lowest BCUT2D eigenvalue weighted by molar-refractivity contribution is 0.224. The van der Waals surface area contributed by atoms with Gasteiger partial charge in [-0.25, -0.2) is 4.39 Å². The highest BCUT2D eigenvalue weighted by molar-refractivity contribution is 9.10. The second-order valence-corrected chi connectivity index (χ2v) is 4.86. The van der Waals surface area contributed by atoms with E-state index in [2.05, 4.69) is 15.9 Å². The van der Waals surface area contributed by atoms with Gasteiger partial charge in [0, 0.05) is 11.8 Å². The summed E-state index contributed by atoms with van der Waals surface area (Å²) in [4.78, 5) is 0. The maximum atomic E-state index is 13.1. The van der Waals surface area contributed by atoms with E-state index in [4.69, 9.17) is 10.5 Å². The van der Waals surface area contributed by atoms with Crippen molar-refractivity contribution >= 4 is 21.6 Å². The van der Waals surface area contributed by atoms with Crippen LogP contribution in [-0.4, -0.2) is 0 Å². The zero-order valence-electron chi connectivity index (χ0n) is 9.86. The maximum absolute atomic E-state index is 13.1. The van der Waals surface area contributed by atoms with Gasteiger partial charge in [0.1, 0.15) is 17.7 Å². The average molecular weight is 310 g/mol. The summed E-state index contributed by atoms with van der Waals surface area (Å²) in [6.07, 6.45) is -0.202. The summed E-state index contributed by atoms with van der Waals surface area (Å²) >= 11 is 3.33. The third-order valence-electron chi connectivity index (χ3n) is 2.58. The Morgan fingerprint density at radius 3 is 2.72 bits per heavy atom. The number of anilines is 1. The summed E-state index contributed by atoms with van der Waals surface area (Å²) in [7, 11) is 0. The van der Waals surface area contributed by atoms with Crippen molar-refractivity contribution in [2.45, 2.75) is 13.0 Å². The van der Waals surface area contributed by atoms with Crippen molar-refractivity contribution in [2.75, 3.05) is 5.73 Å². The molecule has 1 unspecified atom stereocenters. The lowest BCUT2D eigenvalue weighted by Crippen LogP contribution is -2.04. The predicted molar refractivity (Wildman–Crippen MR) is 74.0 cm³/mol. The van der Waals surface area contributed by atoms with Crippen LogP contribution in [0.15, 0.2) is 46.9 Å². The molecule has 1 atom stereocenters. The van der Waals surface area contributed by atoms with E-state index in [1.807, 2.05) is 31.2 Å². The normalized spacial score (nSPS) is 12.2. The van der Waals surface area contributed by atoms with Crippen molar-refractivity contribution in [1.29, 1.82) is 0 Å². The molecule has 0 amide bonds. The molecule has 2 rings (SSSR count). The molecular weight excluding hydrogens is 297 g/mol. The summed E-state index contributed by atoms with van der Waals surface area (Å²) in [6.45, 7) is 1.89. The van der Waals surface area contributed by atoms with Gasteiger partial charge in [0.2, 0.25) is 0 Å². The molecule has 18 heavy (non-hydrogen) atoms. The van der Waals surface area contributed by atoms with E-state index in [0.29, 0.717) is 11.4 Å². The summed E-state index contributed by atoms with van der Waals surface area (Å²) in [5.74, 6) is 0.151. The number of halogens is 2. The fraction of sp³-hybridized carbons (Fsp3) is 0.143. The fourth-order valence-electron chi connectivity index (χ4n) is 1.64. The molecule has 94 valence electrons. The van der Waals surface area contributed by atoms with Crippen LogP contribution in [-0.2, 0) is 0 Å². The van der Waals surface area contributed by atoms with Crippen molar-refractivity contribution < 1.29 is 9.13 Å². The lowest BCUT2D eigenvalue weighted by atomic mass is 10.1. The quantitative estimate of drug-likeness (QED) is 0.857. The third-order valence-corrected chi connectivity index (χ3v) is 3.23. The highest BCUT2D eigenvalue weighted by Crippen LogP contribution is 2.30. The van der Waals surface area contributed by atoms with E-state index in [0.717, 1.165) is 10.0 Å². The van der Waals surface area contributed by atoms with Gasteiger partial charge in [-0.05, 0) is 52.7 Å². The van der Waals surface area contributed by atoms with E-state index in [-0.39, 0.29) is 11.9 Å². The SMILES string of the molecule is CC(Oc1cc(F)ccc1Br)c1cccc(N)c1. The van der Waals surface area contributed by atoms with Crippen LogP contribution in [0.3, 0.4) is 0 Å². The molecule has 0 aliphatic heterocycles. The molecule has 2 nitrogen and oxygen atoms in total. The molecule has 0 radical (unpaired) electrons. The first kappa shape index (κ1) is 12.9. The van der Waals surface area contributed by atoms with Crippen LogP contribution in [0.4, 0.5) is 10.1 Å². The number of rotatable bonds is 3. The van der Waals surface area contributed by atoms with Crippen LogP contribution in [0.1, 0.15) is 18.6 Å². The van der Waals surface area contributed by atoms with Crippen LogP contribution in [0.2, 0.25) is 0 Å². The van der Waals surface area contributed by atoms with Gasteiger partial charge < -0.3 is 10.5 Å². The topological polar surface area (TPSA) is 35.2 Å². The number of nitrogen functional groups attached to an aromatic ring is 1.